The second-order valence-corrected chi connectivity index (χ2v) is 4.80. The zero-order valence-electron chi connectivity index (χ0n) is 12.1. The number of carbonyl (C=O) groups excluding carboxylic acids is 2. The maximum atomic E-state index is 12.1. The molecule has 108 valence electrons. The number of hydrogen-bond acceptors (Lipinski definition) is 5. The van der Waals surface area contributed by atoms with Crippen LogP contribution in [0.5, 0.6) is 0 Å². The van der Waals surface area contributed by atoms with Crippen LogP contribution in [0.1, 0.15) is 28.8 Å². The van der Waals surface area contributed by atoms with Gasteiger partial charge in [0.1, 0.15) is 0 Å². The molecule has 0 saturated heterocycles. The molecule has 0 aliphatic heterocycles. The topological polar surface area (TPSA) is 78.6 Å². The first kappa shape index (κ1) is 16.4. The Kier molecular flexibility index (Phi) is 6.41. The average Bonchev–Trinajstić information content (AvgIpc) is 2.47. The molecule has 0 spiro atoms. The molecule has 0 amide bonds. The first-order valence-corrected chi connectivity index (χ1v) is 6.52. The minimum Gasteiger partial charge on any atom is -0.469 e. The van der Waals surface area contributed by atoms with Crippen LogP contribution in [0.25, 0.3) is 0 Å². The SMILES string of the molecule is COC(=O)[C@H](CCC(=O)c1ccc(C)cc1)B(C)ON. The van der Waals surface area contributed by atoms with E-state index in [1.54, 1.807) is 19.0 Å². The van der Waals surface area contributed by atoms with Crippen molar-refractivity contribution in [3.05, 3.63) is 35.4 Å². The van der Waals surface area contributed by atoms with E-state index >= 15 is 0 Å². The minimum atomic E-state index is -0.542. The fraction of sp³-hybridized carbons (Fsp3) is 0.429. The van der Waals surface area contributed by atoms with Crippen LogP contribution in [0.3, 0.4) is 0 Å². The Morgan fingerprint density at radius 2 is 1.90 bits per heavy atom. The minimum absolute atomic E-state index is 0.0110. The second-order valence-electron chi connectivity index (χ2n) is 4.80. The summed E-state index contributed by atoms with van der Waals surface area (Å²) < 4.78 is 9.38. The highest BCUT2D eigenvalue weighted by molar-refractivity contribution is 6.56. The van der Waals surface area contributed by atoms with E-state index in [0.717, 1.165) is 5.56 Å². The van der Waals surface area contributed by atoms with Crippen LogP contribution in [0.4, 0.5) is 0 Å². The lowest BCUT2D eigenvalue weighted by Gasteiger charge is -2.16. The van der Waals surface area contributed by atoms with Gasteiger partial charge in [-0.05, 0) is 13.3 Å². The van der Waals surface area contributed by atoms with E-state index < -0.39 is 18.7 Å². The van der Waals surface area contributed by atoms with E-state index in [9.17, 15) is 9.59 Å². The van der Waals surface area contributed by atoms with E-state index in [2.05, 4.69) is 4.76 Å². The molecule has 1 aromatic rings. The number of carbonyl (C=O) groups is 2. The first-order valence-electron chi connectivity index (χ1n) is 6.52. The predicted molar refractivity (Wildman–Crippen MR) is 77.4 cm³/mol. The molecule has 6 heteroatoms. The van der Waals surface area contributed by atoms with Crippen molar-refractivity contribution in [3.63, 3.8) is 0 Å². The second kappa shape index (κ2) is 7.82. The maximum absolute atomic E-state index is 12.1. The molecule has 1 aromatic carbocycles. The predicted octanol–water partition coefficient (Wildman–Crippen LogP) is 2.01. The molecule has 0 saturated carbocycles. The number of esters is 1. The number of rotatable bonds is 7. The smallest absolute Gasteiger partial charge is 0.332 e. The molecule has 1 atom stereocenters. The van der Waals surface area contributed by atoms with E-state index in [0.29, 0.717) is 12.0 Å². The van der Waals surface area contributed by atoms with Crippen molar-refractivity contribution in [2.75, 3.05) is 7.11 Å². The van der Waals surface area contributed by atoms with Crippen molar-refractivity contribution in [2.45, 2.75) is 32.4 Å². The summed E-state index contributed by atoms with van der Waals surface area (Å²) in [6.07, 6.45) is 0.592. The first-order chi connectivity index (χ1) is 9.49. The Morgan fingerprint density at radius 3 is 2.40 bits per heavy atom. The number of Topliss-reactive ketones (excluding diaryl/α,β-unsaturated/α-hetero) is 1. The number of ketones is 1. The molecule has 1 rings (SSSR count). The van der Waals surface area contributed by atoms with Gasteiger partial charge in [-0.3, -0.25) is 9.59 Å². The van der Waals surface area contributed by atoms with Crippen molar-refractivity contribution < 1.29 is 19.1 Å². The zero-order chi connectivity index (χ0) is 15.1. The third kappa shape index (κ3) is 4.47. The lowest BCUT2D eigenvalue weighted by Crippen LogP contribution is -2.31. The number of methoxy groups -OCH3 is 1. The highest BCUT2D eigenvalue weighted by atomic mass is 16.6. The third-order valence-corrected chi connectivity index (χ3v) is 3.34. The molecule has 0 unspecified atom stereocenters. The van der Waals surface area contributed by atoms with Crippen molar-refractivity contribution >= 4 is 18.7 Å². The van der Waals surface area contributed by atoms with E-state index in [-0.39, 0.29) is 12.2 Å². The van der Waals surface area contributed by atoms with Gasteiger partial charge in [-0.2, -0.15) is 0 Å². The van der Waals surface area contributed by atoms with Gasteiger partial charge in [0.05, 0.1) is 12.9 Å². The summed E-state index contributed by atoms with van der Waals surface area (Å²) in [7, 11) is 1.31. The molecule has 0 aliphatic rings. The summed E-state index contributed by atoms with van der Waals surface area (Å²) in [4.78, 5) is 23.7. The number of hydrogen-bond donors (Lipinski definition) is 1. The summed E-state index contributed by atoms with van der Waals surface area (Å²) in [6, 6.07) is 7.34. The summed E-state index contributed by atoms with van der Waals surface area (Å²) in [5, 5.41) is 0. The molecular weight excluding hydrogens is 257 g/mol. The van der Waals surface area contributed by atoms with Crippen molar-refractivity contribution in [2.24, 2.45) is 5.90 Å². The normalized spacial score (nSPS) is 11.8. The van der Waals surface area contributed by atoms with Gasteiger partial charge in [-0.15, -0.1) is 0 Å². The Hall–Kier alpha value is -1.66. The maximum Gasteiger partial charge on any atom is 0.332 e. The summed E-state index contributed by atoms with van der Waals surface area (Å²) in [5.74, 6) is 4.14. The van der Waals surface area contributed by atoms with Gasteiger partial charge >= 0.3 is 12.9 Å². The zero-order valence-corrected chi connectivity index (χ0v) is 12.1. The monoisotopic (exact) mass is 277 g/mol. The molecule has 0 radical (unpaired) electrons. The lowest BCUT2D eigenvalue weighted by atomic mass is 9.56. The fourth-order valence-corrected chi connectivity index (χ4v) is 1.96. The van der Waals surface area contributed by atoms with Gasteiger partial charge < -0.3 is 9.49 Å². The van der Waals surface area contributed by atoms with Crippen molar-refractivity contribution in [1.82, 2.24) is 0 Å². The molecule has 0 aliphatic carbocycles. The fourth-order valence-electron chi connectivity index (χ4n) is 1.96. The van der Waals surface area contributed by atoms with Crippen LogP contribution in [0.2, 0.25) is 12.6 Å². The van der Waals surface area contributed by atoms with Gasteiger partial charge in [0, 0.05) is 12.0 Å². The summed E-state index contributed by atoms with van der Waals surface area (Å²) >= 11 is 0. The Balaban J connectivity index is 2.65. The quantitative estimate of drug-likeness (QED) is 0.357. The van der Waals surface area contributed by atoms with Gasteiger partial charge in [-0.25, -0.2) is 5.90 Å². The highest BCUT2D eigenvalue weighted by Crippen LogP contribution is 2.21. The number of benzene rings is 1. The van der Waals surface area contributed by atoms with Gasteiger partial charge in [-0.1, -0.05) is 36.7 Å². The molecule has 20 heavy (non-hydrogen) atoms. The molecule has 2 N–H and O–H groups in total. The lowest BCUT2D eigenvalue weighted by molar-refractivity contribution is -0.140. The molecule has 5 nitrogen and oxygen atoms in total. The Labute approximate surface area is 119 Å². The third-order valence-electron chi connectivity index (χ3n) is 3.34. The van der Waals surface area contributed by atoms with E-state index in [1.165, 1.54) is 7.11 Å². The standard InChI is InChI=1S/C14H20BNO4/c1-10-4-6-11(7-5-10)13(17)9-8-12(14(18)19-3)15(2)20-16/h4-7,12H,8-9,16H2,1-3H3/t12-/m0/s1. The average molecular weight is 277 g/mol. The van der Waals surface area contributed by atoms with Crippen molar-refractivity contribution in [3.8, 4) is 0 Å². The number of ether oxygens (including phenoxy) is 1. The summed E-state index contributed by atoms with van der Waals surface area (Å²) in [5.41, 5.74) is 1.74. The van der Waals surface area contributed by atoms with Crippen LogP contribution in [-0.2, 0) is 14.3 Å². The van der Waals surface area contributed by atoms with Gasteiger partial charge in [0.2, 0.25) is 0 Å². The largest absolute Gasteiger partial charge is 0.469 e. The molecule has 0 bridgehead atoms. The molecule has 0 fully saturated rings. The van der Waals surface area contributed by atoms with Crippen LogP contribution < -0.4 is 5.90 Å². The molecule has 0 heterocycles. The van der Waals surface area contributed by atoms with Crippen molar-refractivity contribution in [1.29, 1.82) is 0 Å². The van der Waals surface area contributed by atoms with Crippen LogP contribution in [-0.4, -0.2) is 25.8 Å². The Morgan fingerprint density at radius 1 is 1.30 bits per heavy atom. The van der Waals surface area contributed by atoms with Gasteiger partial charge in [0.25, 0.3) is 0 Å². The van der Waals surface area contributed by atoms with E-state index in [4.69, 9.17) is 10.6 Å². The van der Waals surface area contributed by atoms with Gasteiger partial charge in [0.15, 0.2) is 5.78 Å². The molecular formula is C14H20BNO4. The Bertz CT molecular complexity index is 461. The van der Waals surface area contributed by atoms with Crippen LogP contribution in [0.15, 0.2) is 24.3 Å². The number of aryl methyl sites for hydroxylation is 1. The molecule has 0 aromatic heterocycles. The highest BCUT2D eigenvalue weighted by Gasteiger charge is 2.31. The number of nitrogens with two attached hydrogens (primary N) is 1. The van der Waals surface area contributed by atoms with Crippen LogP contribution >= 0.6 is 0 Å². The van der Waals surface area contributed by atoms with E-state index in [1.807, 2.05) is 19.1 Å². The summed E-state index contributed by atoms with van der Waals surface area (Å²) in [6.45, 7) is 3.15. The van der Waals surface area contributed by atoms with Crippen LogP contribution in [0, 0.1) is 6.92 Å².